The van der Waals surface area contributed by atoms with Crippen molar-refractivity contribution in [1.82, 2.24) is 5.32 Å². The summed E-state index contributed by atoms with van der Waals surface area (Å²) in [7, 11) is 4.20. The Labute approximate surface area is 145 Å². The van der Waals surface area contributed by atoms with E-state index >= 15 is 0 Å². The highest BCUT2D eigenvalue weighted by Crippen LogP contribution is 2.12. The minimum atomic E-state index is -0.625. The molecule has 0 spiro atoms. The molecule has 3 aromatic rings. The van der Waals surface area contributed by atoms with Gasteiger partial charge in [0, 0.05) is 17.5 Å². The standard InChI is InChI=1S/C20H20N2O3/c1-22(2)13-15-9-7-14(8-10-15)12-21-19(23)17-11-16-5-3-4-6-18(16)25-20(17)24/h3-11H,12-13H2,1-2H3,(H,21,23)/p+1. The van der Waals surface area contributed by atoms with Crippen LogP contribution in [0.15, 0.2) is 63.8 Å². The first-order valence-electron chi connectivity index (χ1n) is 8.21. The maximum Gasteiger partial charge on any atom is 0.349 e. The van der Waals surface area contributed by atoms with Gasteiger partial charge in [0.2, 0.25) is 0 Å². The summed E-state index contributed by atoms with van der Waals surface area (Å²) in [6.45, 7) is 1.31. The van der Waals surface area contributed by atoms with Crippen LogP contribution in [0.5, 0.6) is 0 Å². The molecule has 0 saturated heterocycles. The Balaban J connectivity index is 1.70. The minimum Gasteiger partial charge on any atom is -0.422 e. The fourth-order valence-electron chi connectivity index (χ4n) is 2.68. The lowest BCUT2D eigenvalue weighted by molar-refractivity contribution is -0.872. The van der Waals surface area contributed by atoms with Crippen LogP contribution in [0.3, 0.4) is 0 Å². The summed E-state index contributed by atoms with van der Waals surface area (Å²) in [6, 6.07) is 16.8. The number of fused-ring (bicyclic) bond motifs is 1. The minimum absolute atomic E-state index is 0.0199. The second-order valence-corrected chi connectivity index (χ2v) is 6.37. The van der Waals surface area contributed by atoms with Gasteiger partial charge >= 0.3 is 5.63 Å². The van der Waals surface area contributed by atoms with Gasteiger partial charge in [-0.2, -0.15) is 0 Å². The van der Waals surface area contributed by atoms with E-state index in [4.69, 9.17) is 4.42 Å². The Morgan fingerprint density at radius 3 is 2.44 bits per heavy atom. The third-order valence-electron chi connectivity index (χ3n) is 3.92. The summed E-state index contributed by atoms with van der Waals surface area (Å²) in [5, 5.41) is 3.50. The number of carbonyl (C=O) groups excluding carboxylic acids is 1. The first-order valence-corrected chi connectivity index (χ1v) is 8.21. The fourth-order valence-corrected chi connectivity index (χ4v) is 2.68. The zero-order valence-corrected chi connectivity index (χ0v) is 14.3. The van der Waals surface area contributed by atoms with Gasteiger partial charge in [0.25, 0.3) is 5.91 Å². The molecule has 0 aliphatic heterocycles. The first-order chi connectivity index (χ1) is 12.0. The molecule has 1 heterocycles. The quantitative estimate of drug-likeness (QED) is 0.691. The van der Waals surface area contributed by atoms with Crippen LogP contribution >= 0.6 is 0 Å². The monoisotopic (exact) mass is 337 g/mol. The highest BCUT2D eigenvalue weighted by Gasteiger charge is 2.13. The molecule has 0 aliphatic carbocycles. The van der Waals surface area contributed by atoms with Crippen LogP contribution in [0.4, 0.5) is 0 Å². The second-order valence-electron chi connectivity index (χ2n) is 6.37. The topological polar surface area (TPSA) is 63.8 Å². The third-order valence-corrected chi connectivity index (χ3v) is 3.92. The van der Waals surface area contributed by atoms with E-state index in [1.165, 1.54) is 10.5 Å². The van der Waals surface area contributed by atoms with Gasteiger partial charge in [-0.15, -0.1) is 0 Å². The predicted octanol–water partition coefficient (Wildman–Crippen LogP) is 1.37. The van der Waals surface area contributed by atoms with Gasteiger partial charge in [0.1, 0.15) is 17.7 Å². The van der Waals surface area contributed by atoms with Gasteiger partial charge < -0.3 is 14.6 Å². The van der Waals surface area contributed by atoms with E-state index < -0.39 is 11.5 Å². The SMILES string of the molecule is C[NH+](C)Cc1ccc(CNC(=O)c2cc3ccccc3oc2=O)cc1. The Bertz CT molecular complexity index is 943. The molecule has 25 heavy (non-hydrogen) atoms. The summed E-state index contributed by atoms with van der Waals surface area (Å²) in [6.07, 6.45) is 0. The van der Waals surface area contributed by atoms with Crippen molar-refractivity contribution in [2.24, 2.45) is 0 Å². The van der Waals surface area contributed by atoms with Gasteiger partial charge in [-0.25, -0.2) is 4.79 Å². The van der Waals surface area contributed by atoms with Crippen molar-refractivity contribution in [3.05, 3.63) is 81.7 Å². The maximum atomic E-state index is 12.3. The number of hydrogen-bond acceptors (Lipinski definition) is 3. The van der Waals surface area contributed by atoms with E-state index in [-0.39, 0.29) is 5.56 Å². The second kappa shape index (κ2) is 7.32. The number of amides is 1. The number of quaternary nitrogens is 1. The van der Waals surface area contributed by atoms with Crippen molar-refractivity contribution in [3.8, 4) is 0 Å². The lowest BCUT2D eigenvalue weighted by atomic mass is 10.1. The van der Waals surface area contributed by atoms with Crippen LogP contribution in [0, 0.1) is 0 Å². The molecular formula is C20H21N2O3+. The summed E-state index contributed by atoms with van der Waals surface area (Å²) < 4.78 is 5.20. The van der Waals surface area contributed by atoms with E-state index in [2.05, 4.69) is 31.5 Å². The zero-order valence-electron chi connectivity index (χ0n) is 14.3. The van der Waals surface area contributed by atoms with E-state index in [1.54, 1.807) is 24.3 Å². The van der Waals surface area contributed by atoms with Crippen LogP contribution < -0.4 is 15.8 Å². The average Bonchev–Trinajstić information content (AvgIpc) is 2.60. The largest absolute Gasteiger partial charge is 0.422 e. The molecule has 5 heteroatoms. The summed E-state index contributed by atoms with van der Waals surface area (Å²) in [4.78, 5) is 25.7. The lowest BCUT2D eigenvalue weighted by Crippen LogP contribution is -3.04. The molecule has 0 aliphatic rings. The van der Waals surface area contributed by atoms with Crippen LogP contribution in [0.2, 0.25) is 0 Å². The molecular weight excluding hydrogens is 316 g/mol. The highest BCUT2D eigenvalue weighted by atomic mass is 16.4. The summed E-state index contributed by atoms with van der Waals surface area (Å²) in [5.74, 6) is -0.429. The van der Waals surface area contributed by atoms with Gasteiger partial charge in [0.05, 0.1) is 14.1 Å². The van der Waals surface area contributed by atoms with E-state index in [1.807, 2.05) is 18.2 Å². The fraction of sp³-hybridized carbons (Fsp3) is 0.200. The molecule has 2 aromatic carbocycles. The zero-order chi connectivity index (χ0) is 17.8. The normalized spacial score (nSPS) is 11.0. The first kappa shape index (κ1) is 16.9. The van der Waals surface area contributed by atoms with Gasteiger partial charge in [-0.3, -0.25) is 4.79 Å². The summed E-state index contributed by atoms with van der Waals surface area (Å²) in [5.41, 5.74) is 2.09. The van der Waals surface area contributed by atoms with Gasteiger partial charge in [-0.1, -0.05) is 42.5 Å². The number of para-hydroxylation sites is 1. The number of nitrogens with one attached hydrogen (secondary N) is 2. The maximum absolute atomic E-state index is 12.3. The number of hydrogen-bond donors (Lipinski definition) is 2. The molecule has 0 saturated carbocycles. The van der Waals surface area contributed by atoms with E-state index in [0.717, 1.165) is 17.5 Å². The Morgan fingerprint density at radius 1 is 1.04 bits per heavy atom. The Hall–Kier alpha value is -2.92. The van der Waals surface area contributed by atoms with Crippen LogP contribution in [0.1, 0.15) is 21.5 Å². The molecule has 0 bridgehead atoms. The number of carbonyl (C=O) groups is 1. The van der Waals surface area contributed by atoms with Crippen LogP contribution in [-0.4, -0.2) is 20.0 Å². The van der Waals surface area contributed by atoms with Crippen LogP contribution in [0.25, 0.3) is 11.0 Å². The smallest absolute Gasteiger partial charge is 0.349 e. The van der Waals surface area contributed by atoms with Crippen molar-refractivity contribution < 1.29 is 14.1 Å². The van der Waals surface area contributed by atoms with E-state index in [0.29, 0.717) is 12.1 Å². The average molecular weight is 337 g/mol. The Kier molecular flexibility index (Phi) is 4.95. The van der Waals surface area contributed by atoms with Gasteiger partial charge in [-0.05, 0) is 17.7 Å². The third kappa shape index (κ3) is 4.14. The highest BCUT2D eigenvalue weighted by molar-refractivity contribution is 5.96. The molecule has 2 N–H and O–H groups in total. The molecule has 1 aromatic heterocycles. The van der Waals surface area contributed by atoms with Crippen molar-refractivity contribution in [2.45, 2.75) is 13.1 Å². The molecule has 0 radical (unpaired) electrons. The van der Waals surface area contributed by atoms with Gasteiger partial charge in [0.15, 0.2) is 0 Å². The summed E-state index contributed by atoms with van der Waals surface area (Å²) >= 11 is 0. The number of benzene rings is 2. The van der Waals surface area contributed by atoms with Crippen molar-refractivity contribution in [2.75, 3.05) is 14.1 Å². The molecule has 3 rings (SSSR count). The molecule has 1 amide bonds. The van der Waals surface area contributed by atoms with Crippen LogP contribution in [-0.2, 0) is 13.1 Å². The number of rotatable bonds is 5. The van der Waals surface area contributed by atoms with E-state index in [9.17, 15) is 9.59 Å². The molecule has 0 fully saturated rings. The van der Waals surface area contributed by atoms with Crippen molar-refractivity contribution in [1.29, 1.82) is 0 Å². The van der Waals surface area contributed by atoms with Crippen molar-refractivity contribution >= 4 is 16.9 Å². The molecule has 0 atom stereocenters. The van der Waals surface area contributed by atoms with Crippen molar-refractivity contribution in [3.63, 3.8) is 0 Å². The molecule has 128 valence electrons. The lowest BCUT2D eigenvalue weighted by Gasteiger charge is -2.09. The Morgan fingerprint density at radius 2 is 1.72 bits per heavy atom. The molecule has 0 unspecified atom stereocenters. The molecule has 5 nitrogen and oxygen atoms in total. The predicted molar refractivity (Wildman–Crippen MR) is 96.6 cm³/mol.